The second kappa shape index (κ2) is 5.72. The van der Waals surface area contributed by atoms with Crippen molar-refractivity contribution in [2.24, 2.45) is 0 Å². The summed E-state index contributed by atoms with van der Waals surface area (Å²) in [5.41, 5.74) is 1.33. The standard InChI is InChI=1S/C9H16O4/c1-6(2)7(3)9(12)13-8(11)4-5-10/h8,10-11H,4-5H2,1-3H3. The zero-order valence-corrected chi connectivity index (χ0v) is 8.20. The van der Waals surface area contributed by atoms with Crippen LogP contribution in [0, 0.1) is 0 Å². The molecule has 0 aliphatic heterocycles. The van der Waals surface area contributed by atoms with Crippen LogP contribution in [0.3, 0.4) is 0 Å². The molecule has 4 nitrogen and oxygen atoms in total. The van der Waals surface area contributed by atoms with Gasteiger partial charge in [-0.25, -0.2) is 4.79 Å². The van der Waals surface area contributed by atoms with Crippen molar-refractivity contribution in [2.75, 3.05) is 6.61 Å². The van der Waals surface area contributed by atoms with Crippen molar-refractivity contribution in [1.82, 2.24) is 0 Å². The quantitative estimate of drug-likeness (QED) is 0.385. The maximum absolute atomic E-state index is 11.1. The first-order valence-electron chi connectivity index (χ1n) is 4.13. The minimum Gasteiger partial charge on any atom is -0.433 e. The smallest absolute Gasteiger partial charge is 0.335 e. The van der Waals surface area contributed by atoms with Crippen molar-refractivity contribution in [3.8, 4) is 0 Å². The number of allylic oxidation sites excluding steroid dienone is 1. The maximum Gasteiger partial charge on any atom is 0.335 e. The lowest BCUT2D eigenvalue weighted by Gasteiger charge is -2.11. The van der Waals surface area contributed by atoms with Gasteiger partial charge in [0.1, 0.15) is 0 Å². The number of carbonyl (C=O) groups is 1. The molecule has 0 aromatic rings. The summed E-state index contributed by atoms with van der Waals surface area (Å²) in [6.45, 7) is 5.00. The van der Waals surface area contributed by atoms with Crippen LogP contribution in [0.25, 0.3) is 0 Å². The van der Waals surface area contributed by atoms with Gasteiger partial charge in [0, 0.05) is 18.6 Å². The van der Waals surface area contributed by atoms with Gasteiger partial charge in [-0.15, -0.1) is 0 Å². The Balaban J connectivity index is 4.09. The second-order valence-electron chi connectivity index (χ2n) is 3.00. The molecule has 0 aliphatic carbocycles. The molecule has 0 bridgehead atoms. The third-order valence-electron chi connectivity index (χ3n) is 1.68. The lowest BCUT2D eigenvalue weighted by atomic mass is 10.2. The lowest BCUT2D eigenvalue weighted by molar-refractivity contribution is -0.164. The largest absolute Gasteiger partial charge is 0.433 e. The van der Waals surface area contributed by atoms with E-state index in [-0.39, 0.29) is 13.0 Å². The van der Waals surface area contributed by atoms with Gasteiger partial charge in [0.05, 0.1) is 0 Å². The van der Waals surface area contributed by atoms with Gasteiger partial charge in [-0.05, 0) is 20.8 Å². The molecule has 76 valence electrons. The van der Waals surface area contributed by atoms with Crippen LogP contribution < -0.4 is 0 Å². The fourth-order valence-corrected chi connectivity index (χ4v) is 0.585. The highest BCUT2D eigenvalue weighted by Gasteiger charge is 2.12. The number of carbonyl (C=O) groups excluding carboxylic acids is 1. The molecular weight excluding hydrogens is 172 g/mol. The summed E-state index contributed by atoms with van der Waals surface area (Å²) in [4.78, 5) is 11.1. The number of hydrogen-bond acceptors (Lipinski definition) is 4. The summed E-state index contributed by atoms with van der Waals surface area (Å²) < 4.78 is 4.61. The molecule has 0 aromatic heterocycles. The van der Waals surface area contributed by atoms with E-state index in [1.165, 1.54) is 0 Å². The van der Waals surface area contributed by atoms with Crippen LogP contribution in [-0.4, -0.2) is 29.1 Å². The van der Waals surface area contributed by atoms with Gasteiger partial charge in [0.25, 0.3) is 0 Å². The average Bonchev–Trinajstić information content (AvgIpc) is 2.03. The van der Waals surface area contributed by atoms with E-state index in [1.807, 2.05) is 0 Å². The minimum atomic E-state index is -1.22. The minimum absolute atomic E-state index is 0.0434. The Morgan fingerprint density at radius 3 is 2.31 bits per heavy atom. The van der Waals surface area contributed by atoms with Crippen LogP contribution >= 0.6 is 0 Å². The monoisotopic (exact) mass is 188 g/mol. The predicted octanol–water partition coefficient (Wildman–Crippen LogP) is 0.587. The molecular formula is C9H16O4. The van der Waals surface area contributed by atoms with E-state index in [2.05, 4.69) is 4.74 Å². The molecule has 4 heteroatoms. The number of hydrogen-bond donors (Lipinski definition) is 2. The third kappa shape index (κ3) is 4.65. The van der Waals surface area contributed by atoms with Crippen molar-refractivity contribution in [3.05, 3.63) is 11.1 Å². The summed E-state index contributed by atoms with van der Waals surface area (Å²) in [7, 11) is 0. The Morgan fingerprint density at radius 2 is 1.92 bits per heavy atom. The van der Waals surface area contributed by atoms with Gasteiger partial charge < -0.3 is 14.9 Å². The Morgan fingerprint density at radius 1 is 1.38 bits per heavy atom. The first-order chi connectivity index (χ1) is 5.99. The van der Waals surface area contributed by atoms with E-state index in [1.54, 1.807) is 20.8 Å². The zero-order valence-electron chi connectivity index (χ0n) is 8.20. The summed E-state index contributed by atoms with van der Waals surface area (Å²) in [6, 6.07) is 0. The van der Waals surface area contributed by atoms with E-state index in [0.29, 0.717) is 5.57 Å². The van der Waals surface area contributed by atoms with Crippen molar-refractivity contribution >= 4 is 5.97 Å². The number of aliphatic hydroxyl groups is 2. The molecule has 1 atom stereocenters. The second-order valence-corrected chi connectivity index (χ2v) is 3.00. The molecule has 0 aromatic carbocycles. The topological polar surface area (TPSA) is 66.8 Å². The summed E-state index contributed by atoms with van der Waals surface area (Å²) >= 11 is 0. The predicted molar refractivity (Wildman–Crippen MR) is 47.8 cm³/mol. The van der Waals surface area contributed by atoms with E-state index in [0.717, 1.165) is 5.57 Å². The molecule has 13 heavy (non-hydrogen) atoms. The third-order valence-corrected chi connectivity index (χ3v) is 1.68. The van der Waals surface area contributed by atoms with Gasteiger partial charge in [-0.3, -0.25) is 0 Å². The van der Waals surface area contributed by atoms with Gasteiger partial charge in [0.2, 0.25) is 6.29 Å². The van der Waals surface area contributed by atoms with Crippen molar-refractivity contribution in [3.63, 3.8) is 0 Å². The SMILES string of the molecule is CC(C)=C(C)C(=O)OC(O)CCO. The Hall–Kier alpha value is -0.870. The molecule has 0 radical (unpaired) electrons. The van der Waals surface area contributed by atoms with Crippen LogP contribution in [0.15, 0.2) is 11.1 Å². The molecule has 0 fully saturated rings. The van der Waals surface area contributed by atoms with Crippen LogP contribution in [-0.2, 0) is 9.53 Å². The molecule has 0 spiro atoms. The highest BCUT2D eigenvalue weighted by atomic mass is 16.6. The molecule has 2 N–H and O–H groups in total. The van der Waals surface area contributed by atoms with Crippen LogP contribution in [0.5, 0.6) is 0 Å². The molecule has 0 heterocycles. The fraction of sp³-hybridized carbons (Fsp3) is 0.667. The van der Waals surface area contributed by atoms with Crippen LogP contribution in [0.2, 0.25) is 0 Å². The summed E-state index contributed by atoms with van der Waals surface area (Å²) in [5.74, 6) is -0.541. The fourth-order valence-electron chi connectivity index (χ4n) is 0.585. The Kier molecular flexibility index (Phi) is 5.34. The van der Waals surface area contributed by atoms with Gasteiger partial charge in [0.15, 0.2) is 0 Å². The van der Waals surface area contributed by atoms with E-state index in [9.17, 15) is 4.79 Å². The Bertz CT molecular complexity index is 204. The molecule has 1 unspecified atom stereocenters. The van der Waals surface area contributed by atoms with Crippen molar-refractivity contribution in [1.29, 1.82) is 0 Å². The Labute approximate surface area is 77.8 Å². The van der Waals surface area contributed by atoms with Gasteiger partial charge >= 0.3 is 5.97 Å². The maximum atomic E-state index is 11.1. The normalized spacial score (nSPS) is 12.1. The lowest BCUT2D eigenvalue weighted by Crippen LogP contribution is -2.19. The number of aliphatic hydroxyl groups excluding tert-OH is 2. The highest BCUT2D eigenvalue weighted by Crippen LogP contribution is 2.06. The number of ether oxygens (including phenoxy) is 1. The average molecular weight is 188 g/mol. The molecule has 0 amide bonds. The van der Waals surface area contributed by atoms with E-state index >= 15 is 0 Å². The summed E-state index contributed by atoms with van der Waals surface area (Å²) in [5, 5.41) is 17.5. The highest BCUT2D eigenvalue weighted by molar-refractivity contribution is 5.88. The van der Waals surface area contributed by atoms with E-state index in [4.69, 9.17) is 10.2 Å². The molecule has 0 saturated carbocycles. The van der Waals surface area contributed by atoms with Crippen LogP contribution in [0.4, 0.5) is 0 Å². The number of esters is 1. The molecule has 0 aliphatic rings. The van der Waals surface area contributed by atoms with Gasteiger partial charge in [-0.2, -0.15) is 0 Å². The van der Waals surface area contributed by atoms with Gasteiger partial charge in [-0.1, -0.05) is 5.57 Å². The molecule has 0 saturated heterocycles. The summed E-state index contributed by atoms with van der Waals surface area (Å²) in [6.07, 6.45) is -1.17. The first kappa shape index (κ1) is 12.1. The van der Waals surface area contributed by atoms with Crippen molar-refractivity contribution in [2.45, 2.75) is 33.5 Å². The molecule has 0 rings (SSSR count). The zero-order chi connectivity index (χ0) is 10.4. The van der Waals surface area contributed by atoms with E-state index < -0.39 is 12.3 Å². The van der Waals surface area contributed by atoms with Crippen molar-refractivity contribution < 1.29 is 19.7 Å². The first-order valence-corrected chi connectivity index (χ1v) is 4.13. The number of rotatable bonds is 4. The van der Waals surface area contributed by atoms with Crippen LogP contribution in [0.1, 0.15) is 27.2 Å².